The molecule has 0 unspecified atom stereocenters. The Kier molecular flexibility index (Phi) is 5.83. The number of nitrogens with one attached hydrogen (secondary N) is 3. The largest absolute Gasteiger partial charge is 0.489 e. The summed E-state index contributed by atoms with van der Waals surface area (Å²) in [6.45, 7) is 5.29. The number of primary sulfonamides is 1. The zero-order chi connectivity index (χ0) is 24.7. The zero-order valence-corrected chi connectivity index (χ0v) is 19.3. The minimum absolute atomic E-state index is 0.00117. The van der Waals surface area contributed by atoms with Crippen molar-refractivity contribution in [2.45, 2.75) is 25.7 Å². The Morgan fingerprint density at radius 1 is 1.18 bits per heavy atom. The Morgan fingerprint density at radius 2 is 1.94 bits per heavy atom. The summed E-state index contributed by atoms with van der Waals surface area (Å²) >= 11 is 0. The molecule has 3 heterocycles. The van der Waals surface area contributed by atoms with Crippen LogP contribution < -0.4 is 25.8 Å². The lowest BCUT2D eigenvalue weighted by Gasteiger charge is -2.18. The first-order valence-electron chi connectivity index (χ1n) is 10.1. The van der Waals surface area contributed by atoms with Crippen molar-refractivity contribution in [1.82, 2.24) is 15.0 Å². The molecule has 34 heavy (non-hydrogen) atoms. The van der Waals surface area contributed by atoms with Crippen LogP contribution in [0.5, 0.6) is 5.75 Å². The van der Waals surface area contributed by atoms with Crippen LogP contribution in [0.1, 0.15) is 19.4 Å². The molecule has 1 aromatic carbocycles. The molecule has 1 aliphatic heterocycles. The normalized spacial score (nSPS) is 14.9. The van der Waals surface area contributed by atoms with Gasteiger partial charge in [-0.3, -0.25) is 4.79 Å². The predicted molar refractivity (Wildman–Crippen MR) is 123 cm³/mol. The number of hydrogen-bond donors (Lipinski definition) is 4. The third-order valence-corrected chi connectivity index (χ3v) is 6.09. The number of rotatable bonds is 5. The molecule has 1 amide bonds. The van der Waals surface area contributed by atoms with Gasteiger partial charge in [0.25, 0.3) is 0 Å². The van der Waals surface area contributed by atoms with Crippen LogP contribution in [-0.4, -0.2) is 35.9 Å². The standard InChI is InChI=1S/C21H22FN7O4S/c1-11-4-5-12(8-15(11)34(23,31)32)25-20-24-9-13(22)17(29-20)26-16-7-6-14-18(27-16)28-19(30)21(2,3)10-33-14/h4-9H,10H2,1-3H3,(H2,23,31,32)(H3,24,25,26,27,28,29,30). The molecule has 0 saturated heterocycles. The summed E-state index contributed by atoms with van der Waals surface area (Å²) < 4.78 is 43.6. The van der Waals surface area contributed by atoms with Crippen LogP contribution in [0.25, 0.3) is 0 Å². The average Bonchev–Trinajstić information content (AvgIpc) is 2.86. The Hall–Kier alpha value is -3.84. The highest BCUT2D eigenvalue weighted by atomic mass is 32.2. The number of ether oxygens (including phenoxy) is 1. The molecule has 0 saturated carbocycles. The minimum atomic E-state index is -3.93. The number of hydrogen-bond acceptors (Lipinski definition) is 9. The number of nitrogens with two attached hydrogens (primary N) is 1. The number of halogens is 1. The Bertz CT molecular complexity index is 1400. The number of sulfonamides is 1. The first kappa shape index (κ1) is 23.3. The summed E-state index contributed by atoms with van der Waals surface area (Å²) in [6, 6.07) is 7.68. The SMILES string of the molecule is Cc1ccc(Nc2ncc(F)c(Nc3ccc4c(n3)NC(=O)C(C)(C)CO4)n2)cc1S(N)(=O)=O. The fourth-order valence-electron chi connectivity index (χ4n) is 3.07. The highest BCUT2D eigenvalue weighted by molar-refractivity contribution is 7.89. The van der Waals surface area contributed by atoms with E-state index < -0.39 is 21.3 Å². The highest BCUT2D eigenvalue weighted by Crippen LogP contribution is 2.32. The summed E-state index contributed by atoms with van der Waals surface area (Å²) in [5.41, 5.74) is 0.0779. The van der Waals surface area contributed by atoms with Crippen LogP contribution in [0.4, 0.5) is 33.5 Å². The van der Waals surface area contributed by atoms with Crippen molar-refractivity contribution in [3.05, 3.63) is 47.9 Å². The second kappa shape index (κ2) is 8.50. The molecule has 1 aliphatic rings. The van der Waals surface area contributed by atoms with Gasteiger partial charge >= 0.3 is 0 Å². The van der Waals surface area contributed by atoms with Crippen molar-refractivity contribution in [1.29, 1.82) is 0 Å². The second-order valence-electron chi connectivity index (χ2n) is 8.34. The summed E-state index contributed by atoms with van der Waals surface area (Å²) in [4.78, 5) is 24.6. The Labute approximate surface area is 195 Å². The van der Waals surface area contributed by atoms with E-state index in [9.17, 15) is 17.6 Å². The van der Waals surface area contributed by atoms with E-state index in [4.69, 9.17) is 9.88 Å². The van der Waals surface area contributed by atoms with Gasteiger partial charge in [-0.1, -0.05) is 6.07 Å². The summed E-state index contributed by atoms with van der Waals surface area (Å²) in [5, 5.41) is 13.5. The minimum Gasteiger partial charge on any atom is -0.489 e. The molecule has 178 valence electrons. The van der Waals surface area contributed by atoms with E-state index >= 15 is 0 Å². The number of carbonyl (C=O) groups is 1. The lowest BCUT2D eigenvalue weighted by molar-refractivity contribution is -0.124. The maximum absolute atomic E-state index is 14.4. The number of pyridine rings is 1. The first-order chi connectivity index (χ1) is 15.9. The lowest BCUT2D eigenvalue weighted by Crippen LogP contribution is -2.33. The van der Waals surface area contributed by atoms with Gasteiger partial charge in [0, 0.05) is 5.69 Å². The van der Waals surface area contributed by atoms with Gasteiger partial charge in [0.2, 0.25) is 21.9 Å². The molecule has 3 aromatic rings. The van der Waals surface area contributed by atoms with Crippen LogP contribution in [-0.2, 0) is 14.8 Å². The molecule has 4 rings (SSSR count). The van der Waals surface area contributed by atoms with E-state index in [0.29, 0.717) is 17.0 Å². The van der Waals surface area contributed by atoms with Crippen LogP contribution >= 0.6 is 0 Å². The molecule has 2 aromatic heterocycles. The van der Waals surface area contributed by atoms with Crippen molar-refractivity contribution >= 4 is 45.0 Å². The molecular formula is C21H22FN7O4S. The summed E-state index contributed by atoms with van der Waals surface area (Å²) in [7, 11) is -3.93. The number of carbonyl (C=O) groups excluding carboxylic acids is 1. The number of amides is 1. The van der Waals surface area contributed by atoms with Gasteiger partial charge in [0.15, 0.2) is 23.2 Å². The van der Waals surface area contributed by atoms with Gasteiger partial charge in [-0.25, -0.2) is 27.9 Å². The van der Waals surface area contributed by atoms with Gasteiger partial charge in [0.1, 0.15) is 12.4 Å². The van der Waals surface area contributed by atoms with E-state index in [1.54, 1.807) is 45.0 Å². The third kappa shape index (κ3) is 4.89. The second-order valence-corrected chi connectivity index (χ2v) is 9.87. The Balaban J connectivity index is 1.58. The first-order valence-corrected chi connectivity index (χ1v) is 11.6. The molecule has 5 N–H and O–H groups in total. The van der Waals surface area contributed by atoms with Gasteiger partial charge < -0.3 is 20.7 Å². The number of benzene rings is 1. The zero-order valence-electron chi connectivity index (χ0n) is 18.5. The predicted octanol–water partition coefficient (Wildman–Crippen LogP) is 2.81. The van der Waals surface area contributed by atoms with E-state index in [0.717, 1.165) is 6.20 Å². The van der Waals surface area contributed by atoms with Crippen LogP contribution in [0.3, 0.4) is 0 Å². The molecule has 0 atom stereocenters. The topological polar surface area (TPSA) is 161 Å². The van der Waals surface area contributed by atoms with Crippen molar-refractivity contribution in [2.24, 2.45) is 10.6 Å². The maximum Gasteiger partial charge on any atom is 0.238 e. The molecule has 0 radical (unpaired) electrons. The molecule has 0 aliphatic carbocycles. The van der Waals surface area contributed by atoms with Crippen molar-refractivity contribution < 1.29 is 22.3 Å². The van der Waals surface area contributed by atoms with Crippen molar-refractivity contribution in [2.75, 3.05) is 22.6 Å². The fourth-order valence-corrected chi connectivity index (χ4v) is 3.88. The molecular weight excluding hydrogens is 465 g/mol. The van der Waals surface area contributed by atoms with Gasteiger partial charge in [-0.05, 0) is 50.6 Å². The van der Waals surface area contributed by atoms with E-state index in [-0.39, 0.29) is 40.8 Å². The Morgan fingerprint density at radius 3 is 2.68 bits per heavy atom. The average molecular weight is 488 g/mol. The smallest absolute Gasteiger partial charge is 0.238 e. The number of fused-ring (bicyclic) bond motifs is 1. The summed E-state index contributed by atoms with van der Waals surface area (Å²) in [6.07, 6.45) is 0.948. The number of aromatic nitrogens is 3. The van der Waals surface area contributed by atoms with E-state index in [2.05, 4.69) is 30.9 Å². The van der Waals surface area contributed by atoms with Crippen molar-refractivity contribution in [3.8, 4) is 5.75 Å². The molecule has 11 nitrogen and oxygen atoms in total. The molecule has 0 spiro atoms. The monoisotopic (exact) mass is 487 g/mol. The van der Waals surface area contributed by atoms with Gasteiger partial charge in [-0.2, -0.15) is 4.98 Å². The molecule has 13 heteroatoms. The fraction of sp³-hybridized carbons (Fsp3) is 0.238. The van der Waals surface area contributed by atoms with Crippen LogP contribution in [0, 0.1) is 18.2 Å². The van der Waals surface area contributed by atoms with Gasteiger partial charge in [0.05, 0.1) is 16.5 Å². The quantitative estimate of drug-likeness (QED) is 0.424. The number of aryl methyl sites for hydroxylation is 1. The maximum atomic E-state index is 14.4. The van der Waals surface area contributed by atoms with Crippen LogP contribution in [0.2, 0.25) is 0 Å². The summed E-state index contributed by atoms with van der Waals surface area (Å²) in [5.74, 6) is -0.405. The van der Waals surface area contributed by atoms with E-state index in [1.165, 1.54) is 6.07 Å². The highest BCUT2D eigenvalue weighted by Gasteiger charge is 2.33. The van der Waals surface area contributed by atoms with Gasteiger partial charge in [-0.15, -0.1) is 0 Å². The van der Waals surface area contributed by atoms with Crippen LogP contribution in [0.15, 0.2) is 41.4 Å². The third-order valence-electron chi connectivity index (χ3n) is 5.03. The van der Waals surface area contributed by atoms with E-state index in [1.807, 2.05) is 0 Å². The van der Waals surface area contributed by atoms with Crippen molar-refractivity contribution in [3.63, 3.8) is 0 Å². The number of nitrogens with zero attached hydrogens (tertiary/aromatic N) is 3. The number of anilines is 5. The molecule has 0 fully saturated rings. The molecule has 0 bridgehead atoms. The lowest BCUT2D eigenvalue weighted by atomic mass is 9.94.